The molecule has 0 spiro atoms. The molecule has 0 unspecified atom stereocenters. The zero-order valence-corrected chi connectivity index (χ0v) is 15.2. The molecule has 1 fully saturated rings. The summed E-state index contributed by atoms with van der Waals surface area (Å²) in [5.74, 6) is 0.439. The highest BCUT2D eigenvalue weighted by Gasteiger charge is 2.21. The molecule has 1 saturated heterocycles. The fourth-order valence-corrected chi connectivity index (χ4v) is 3.21. The molecule has 26 heavy (non-hydrogen) atoms. The van der Waals surface area contributed by atoms with Gasteiger partial charge in [0.15, 0.2) is 0 Å². The normalized spacial score (nSPS) is 15.0. The van der Waals surface area contributed by atoms with Gasteiger partial charge in [-0.2, -0.15) is 5.26 Å². The highest BCUT2D eigenvalue weighted by atomic mass is 32.1. The molecular weight excluding hydrogens is 342 g/mol. The highest BCUT2D eigenvalue weighted by Crippen LogP contribution is 2.18. The van der Waals surface area contributed by atoms with E-state index in [2.05, 4.69) is 28.4 Å². The second-order valence-electron chi connectivity index (χ2n) is 6.00. The molecule has 132 valence electrons. The number of nitrogens with one attached hydrogen (secondary N) is 1. The first kappa shape index (κ1) is 17.8. The van der Waals surface area contributed by atoms with Gasteiger partial charge in [0, 0.05) is 37.6 Å². The molecule has 3 rings (SSSR count). The van der Waals surface area contributed by atoms with Gasteiger partial charge in [-0.15, -0.1) is 0 Å². The number of nitrogens with zero attached hydrogens (tertiary/aromatic N) is 3. The van der Waals surface area contributed by atoms with Crippen LogP contribution < -0.4 is 16.0 Å². The number of hydrogen-bond acceptors (Lipinski definition) is 5. The summed E-state index contributed by atoms with van der Waals surface area (Å²) >= 11 is 5.39. The number of piperazine rings is 1. The second-order valence-corrected chi connectivity index (χ2v) is 6.41. The molecule has 0 radical (unpaired) electrons. The van der Waals surface area contributed by atoms with Gasteiger partial charge in [0.05, 0.1) is 0 Å². The lowest BCUT2D eigenvalue weighted by molar-refractivity contribution is 0.317. The van der Waals surface area contributed by atoms with Crippen molar-refractivity contribution in [3.63, 3.8) is 0 Å². The summed E-state index contributed by atoms with van der Waals surface area (Å²) in [5.41, 5.74) is 8.64. The van der Waals surface area contributed by atoms with Crippen LogP contribution in [0.4, 0.5) is 11.4 Å². The predicted octanol–water partition coefficient (Wildman–Crippen LogP) is 2.94. The largest absolute Gasteiger partial charge is 0.384 e. The first-order valence-electron chi connectivity index (χ1n) is 8.50. The van der Waals surface area contributed by atoms with E-state index < -0.39 is 0 Å². The van der Waals surface area contributed by atoms with Gasteiger partial charge < -0.3 is 20.9 Å². The van der Waals surface area contributed by atoms with Crippen LogP contribution in [0.2, 0.25) is 0 Å². The van der Waals surface area contributed by atoms with E-state index in [1.165, 1.54) is 5.69 Å². The molecule has 2 aromatic carbocycles. The first-order valence-corrected chi connectivity index (χ1v) is 8.91. The molecule has 1 heterocycles. The van der Waals surface area contributed by atoms with Gasteiger partial charge in [-0.25, -0.2) is 0 Å². The smallest absolute Gasteiger partial charge is 0.127 e. The molecule has 5 nitrogen and oxygen atoms in total. The van der Waals surface area contributed by atoms with Crippen molar-refractivity contribution < 1.29 is 0 Å². The summed E-state index contributed by atoms with van der Waals surface area (Å²) in [6, 6.07) is 22.0. The lowest BCUT2D eigenvalue weighted by atomic mass is 10.2. The first-order chi connectivity index (χ1) is 12.7. The maximum atomic E-state index is 9.55. The number of benzene rings is 2. The third-order valence-electron chi connectivity index (χ3n) is 4.37. The van der Waals surface area contributed by atoms with Crippen molar-refractivity contribution in [2.75, 3.05) is 36.4 Å². The van der Waals surface area contributed by atoms with Crippen molar-refractivity contribution in [3.05, 3.63) is 72.1 Å². The van der Waals surface area contributed by atoms with E-state index in [0.29, 0.717) is 16.4 Å². The summed E-state index contributed by atoms with van der Waals surface area (Å²) in [7, 11) is 0. The Bertz CT molecular complexity index is 818. The van der Waals surface area contributed by atoms with Crippen LogP contribution in [0.5, 0.6) is 0 Å². The van der Waals surface area contributed by atoms with Gasteiger partial charge in [-0.1, -0.05) is 48.6 Å². The van der Waals surface area contributed by atoms with Gasteiger partial charge in [0.25, 0.3) is 0 Å². The maximum absolute atomic E-state index is 9.55. The molecule has 0 saturated carbocycles. The number of nitriles is 1. The molecule has 0 aromatic heterocycles. The zero-order chi connectivity index (χ0) is 18.4. The van der Waals surface area contributed by atoms with Gasteiger partial charge in [-0.3, -0.25) is 0 Å². The van der Waals surface area contributed by atoms with E-state index >= 15 is 0 Å². The molecule has 1 aliphatic rings. The second kappa shape index (κ2) is 8.37. The Morgan fingerprint density at radius 2 is 1.54 bits per heavy atom. The fraction of sp³-hybridized carbons (Fsp3) is 0.200. The quantitative estimate of drug-likeness (QED) is 0.495. The van der Waals surface area contributed by atoms with Gasteiger partial charge in [-0.05, 0) is 24.3 Å². The summed E-state index contributed by atoms with van der Waals surface area (Å²) < 4.78 is 0. The molecule has 0 atom stereocenters. The molecule has 2 aromatic rings. The lowest BCUT2D eigenvalue weighted by Crippen LogP contribution is -2.48. The number of hydrogen-bond donors (Lipinski definition) is 2. The monoisotopic (exact) mass is 363 g/mol. The molecule has 6 heteroatoms. The van der Waals surface area contributed by atoms with Gasteiger partial charge >= 0.3 is 0 Å². The SMILES string of the molecule is N#C/C(C(=S)Nc1ccccc1)=C(\N)N1CCN(c2ccccc2)CC1. The summed E-state index contributed by atoms with van der Waals surface area (Å²) in [6.07, 6.45) is 0. The summed E-state index contributed by atoms with van der Waals surface area (Å²) in [6.45, 7) is 3.20. The van der Waals surface area contributed by atoms with Crippen LogP contribution in [-0.4, -0.2) is 36.1 Å². The molecule has 1 aliphatic heterocycles. The fourth-order valence-electron chi connectivity index (χ4n) is 2.94. The average Bonchev–Trinajstić information content (AvgIpc) is 2.70. The standard InChI is InChI=1S/C20H21N5S/c21-15-18(20(26)23-16-7-3-1-4-8-16)19(22)25-13-11-24(12-14-25)17-9-5-2-6-10-17/h1-10H,11-14,22H2,(H,23,26)/b19-18-. The minimum Gasteiger partial charge on any atom is -0.384 e. The van der Waals surface area contributed by atoms with E-state index in [1.807, 2.05) is 53.4 Å². The van der Waals surface area contributed by atoms with E-state index in [0.717, 1.165) is 31.9 Å². The van der Waals surface area contributed by atoms with Gasteiger partial charge in [0.1, 0.15) is 22.5 Å². The number of nitrogens with two attached hydrogens (primary N) is 1. The number of anilines is 2. The van der Waals surface area contributed by atoms with E-state index in [4.69, 9.17) is 18.0 Å². The van der Waals surface area contributed by atoms with Crippen molar-refractivity contribution >= 4 is 28.6 Å². The summed E-state index contributed by atoms with van der Waals surface area (Å²) in [5, 5.41) is 12.6. The van der Waals surface area contributed by atoms with E-state index in [1.54, 1.807) is 0 Å². The van der Waals surface area contributed by atoms with E-state index in [-0.39, 0.29) is 0 Å². The number of rotatable bonds is 4. The lowest BCUT2D eigenvalue weighted by Gasteiger charge is -2.37. The molecule has 0 aliphatic carbocycles. The van der Waals surface area contributed by atoms with Crippen molar-refractivity contribution in [1.82, 2.24) is 4.90 Å². The van der Waals surface area contributed by atoms with Crippen LogP contribution >= 0.6 is 12.2 Å². The Labute approximate surface area is 159 Å². The van der Waals surface area contributed by atoms with Crippen LogP contribution in [0.15, 0.2) is 72.1 Å². The predicted molar refractivity (Wildman–Crippen MR) is 110 cm³/mol. The van der Waals surface area contributed by atoms with Crippen LogP contribution in [-0.2, 0) is 0 Å². The van der Waals surface area contributed by atoms with Crippen molar-refractivity contribution in [1.29, 1.82) is 5.26 Å². The Morgan fingerprint density at radius 1 is 0.962 bits per heavy atom. The number of para-hydroxylation sites is 2. The minimum atomic E-state index is 0.317. The minimum absolute atomic E-state index is 0.317. The summed E-state index contributed by atoms with van der Waals surface area (Å²) in [4.78, 5) is 4.69. The Morgan fingerprint density at radius 3 is 2.12 bits per heavy atom. The van der Waals surface area contributed by atoms with Crippen molar-refractivity contribution in [3.8, 4) is 6.07 Å². The maximum Gasteiger partial charge on any atom is 0.127 e. The Kier molecular flexibility index (Phi) is 5.72. The third kappa shape index (κ3) is 4.13. The van der Waals surface area contributed by atoms with E-state index in [9.17, 15) is 5.26 Å². The average molecular weight is 363 g/mol. The highest BCUT2D eigenvalue weighted by molar-refractivity contribution is 7.81. The van der Waals surface area contributed by atoms with Crippen LogP contribution in [0, 0.1) is 11.3 Å². The zero-order valence-electron chi connectivity index (χ0n) is 14.4. The van der Waals surface area contributed by atoms with Crippen LogP contribution in [0.3, 0.4) is 0 Å². The van der Waals surface area contributed by atoms with Crippen molar-refractivity contribution in [2.45, 2.75) is 0 Å². The topological polar surface area (TPSA) is 68.3 Å². The Balaban J connectivity index is 1.67. The molecular formula is C20H21N5S. The van der Waals surface area contributed by atoms with Crippen LogP contribution in [0.1, 0.15) is 0 Å². The molecule has 3 N–H and O–H groups in total. The number of thiocarbonyl (C=S) groups is 1. The van der Waals surface area contributed by atoms with Crippen LogP contribution in [0.25, 0.3) is 0 Å². The Hall–Kier alpha value is -3.04. The van der Waals surface area contributed by atoms with Crippen molar-refractivity contribution in [2.24, 2.45) is 5.73 Å². The third-order valence-corrected chi connectivity index (χ3v) is 4.67. The molecule has 0 amide bonds. The van der Waals surface area contributed by atoms with Gasteiger partial charge in [0.2, 0.25) is 0 Å². The molecule has 0 bridgehead atoms.